The van der Waals surface area contributed by atoms with Crippen LogP contribution >= 0.6 is 11.6 Å². The second-order valence-electron chi connectivity index (χ2n) is 8.03. The van der Waals surface area contributed by atoms with Crippen LogP contribution in [0.3, 0.4) is 0 Å². The molecule has 34 heavy (non-hydrogen) atoms. The molecular weight excluding hydrogens is 473 g/mol. The predicted molar refractivity (Wildman–Crippen MR) is 125 cm³/mol. The van der Waals surface area contributed by atoms with Crippen molar-refractivity contribution in [3.05, 3.63) is 58.0 Å². The zero-order valence-electron chi connectivity index (χ0n) is 18.3. The molecule has 0 saturated heterocycles. The van der Waals surface area contributed by atoms with Gasteiger partial charge < -0.3 is 20.7 Å². The van der Waals surface area contributed by atoms with Gasteiger partial charge in [-0.2, -0.15) is 13.2 Å². The van der Waals surface area contributed by atoms with E-state index in [2.05, 4.69) is 21.1 Å². The van der Waals surface area contributed by atoms with Crippen LogP contribution in [0, 0.1) is 4.91 Å². The standard InChI is InChI=1S/C23H26ClF3N4O3/c24-15-1-3-16(4-2-15)28-11-12-29-22(32)14-34-19-8-5-17(6-9-19)30-18-7-10-21(31-33)20(13-18)23(25,26)27/h1-4,7,10,13,17,19,28,30H,5-6,8-9,11-12,14H2,(H,29,32). The van der Waals surface area contributed by atoms with Crippen LogP contribution in [0.2, 0.25) is 5.02 Å². The molecule has 3 N–H and O–H groups in total. The molecule has 0 spiro atoms. The Labute approximate surface area is 200 Å². The minimum Gasteiger partial charge on any atom is -0.383 e. The van der Waals surface area contributed by atoms with Gasteiger partial charge in [-0.05, 0) is 73.3 Å². The lowest BCUT2D eigenvalue weighted by atomic mass is 9.92. The first-order valence-electron chi connectivity index (χ1n) is 10.9. The fourth-order valence-corrected chi connectivity index (χ4v) is 3.89. The number of hydrogen-bond acceptors (Lipinski definition) is 6. The molecule has 0 atom stereocenters. The largest absolute Gasteiger partial charge is 0.418 e. The summed E-state index contributed by atoms with van der Waals surface area (Å²) in [5, 5.41) is 12.2. The van der Waals surface area contributed by atoms with Gasteiger partial charge in [0.15, 0.2) is 0 Å². The van der Waals surface area contributed by atoms with Crippen molar-refractivity contribution in [2.75, 3.05) is 30.3 Å². The number of hydrogen-bond donors (Lipinski definition) is 3. The highest BCUT2D eigenvalue weighted by Crippen LogP contribution is 2.38. The van der Waals surface area contributed by atoms with Gasteiger partial charge in [-0.25, -0.2) is 0 Å². The Hall–Kier alpha value is -2.85. The topological polar surface area (TPSA) is 91.8 Å². The third-order valence-corrected chi connectivity index (χ3v) is 5.77. The van der Waals surface area contributed by atoms with Crippen LogP contribution in [0.4, 0.5) is 30.2 Å². The molecule has 2 aromatic rings. The van der Waals surface area contributed by atoms with Crippen molar-refractivity contribution >= 4 is 34.6 Å². The van der Waals surface area contributed by atoms with Gasteiger partial charge in [-0.3, -0.25) is 4.79 Å². The fraction of sp³-hybridized carbons (Fsp3) is 0.435. The van der Waals surface area contributed by atoms with Crippen LogP contribution in [-0.4, -0.2) is 37.7 Å². The molecule has 3 rings (SSSR count). The van der Waals surface area contributed by atoms with E-state index in [1.54, 1.807) is 12.1 Å². The van der Waals surface area contributed by atoms with Crippen LogP contribution in [0.5, 0.6) is 0 Å². The van der Waals surface area contributed by atoms with Crippen molar-refractivity contribution in [2.24, 2.45) is 5.18 Å². The summed E-state index contributed by atoms with van der Waals surface area (Å²) in [7, 11) is 0. The third kappa shape index (κ3) is 7.88. The molecule has 11 heteroatoms. The molecule has 1 amide bonds. The van der Waals surface area contributed by atoms with Crippen molar-refractivity contribution in [1.82, 2.24) is 5.32 Å². The number of carbonyl (C=O) groups is 1. The Morgan fingerprint density at radius 2 is 1.71 bits per heavy atom. The van der Waals surface area contributed by atoms with Crippen LogP contribution < -0.4 is 16.0 Å². The molecule has 0 unspecified atom stereocenters. The number of benzene rings is 2. The highest BCUT2D eigenvalue weighted by Gasteiger charge is 2.34. The summed E-state index contributed by atoms with van der Waals surface area (Å²) in [6, 6.07) is 10.6. The van der Waals surface area contributed by atoms with Gasteiger partial charge in [-0.15, -0.1) is 4.91 Å². The van der Waals surface area contributed by atoms with Gasteiger partial charge in [0, 0.05) is 35.5 Å². The molecule has 0 bridgehead atoms. The van der Waals surface area contributed by atoms with E-state index >= 15 is 0 Å². The Morgan fingerprint density at radius 3 is 2.35 bits per heavy atom. The first kappa shape index (κ1) is 25.8. The van der Waals surface area contributed by atoms with E-state index in [1.165, 1.54) is 6.07 Å². The summed E-state index contributed by atoms with van der Waals surface area (Å²) in [4.78, 5) is 22.6. The molecule has 1 aliphatic rings. The first-order valence-corrected chi connectivity index (χ1v) is 11.3. The number of nitrogens with zero attached hydrogens (tertiary/aromatic N) is 1. The molecule has 0 aromatic heterocycles. The molecule has 1 saturated carbocycles. The smallest absolute Gasteiger partial charge is 0.383 e. The van der Waals surface area contributed by atoms with Crippen molar-refractivity contribution in [3.8, 4) is 0 Å². The highest BCUT2D eigenvalue weighted by molar-refractivity contribution is 6.30. The molecule has 0 heterocycles. The number of ether oxygens (including phenoxy) is 1. The number of halogens is 4. The minimum absolute atomic E-state index is 0.0243. The van der Waals surface area contributed by atoms with E-state index < -0.39 is 17.4 Å². The zero-order chi connectivity index (χ0) is 24.6. The van der Waals surface area contributed by atoms with Gasteiger partial charge in [0.05, 0.1) is 11.7 Å². The summed E-state index contributed by atoms with van der Waals surface area (Å²) in [5.74, 6) is -0.207. The number of carbonyl (C=O) groups excluding carboxylic acids is 1. The second-order valence-corrected chi connectivity index (χ2v) is 8.47. The lowest BCUT2D eigenvalue weighted by Crippen LogP contribution is -2.35. The number of anilines is 2. The Kier molecular flexibility index (Phi) is 9.12. The maximum Gasteiger partial charge on any atom is 0.418 e. The van der Waals surface area contributed by atoms with Crippen molar-refractivity contribution < 1.29 is 22.7 Å². The Morgan fingerprint density at radius 1 is 1.03 bits per heavy atom. The van der Waals surface area contributed by atoms with Crippen LogP contribution in [0.25, 0.3) is 0 Å². The number of nitroso groups, excluding NO2 is 1. The molecule has 1 fully saturated rings. The van der Waals surface area contributed by atoms with Crippen LogP contribution in [0.1, 0.15) is 31.2 Å². The summed E-state index contributed by atoms with van der Waals surface area (Å²) < 4.78 is 45.0. The van der Waals surface area contributed by atoms with E-state index in [9.17, 15) is 22.9 Å². The lowest BCUT2D eigenvalue weighted by Gasteiger charge is -2.30. The quantitative estimate of drug-likeness (QED) is 0.287. The molecule has 0 aliphatic heterocycles. The van der Waals surface area contributed by atoms with Gasteiger partial charge in [-0.1, -0.05) is 11.6 Å². The van der Waals surface area contributed by atoms with Gasteiger partial charge >= 0.3 is 6.18 Å². The van der Waals surface area contributed by atoms with Gasteiger partial charge in [0.25, 0.3) is 0 Å². The van der Waals surface area contributed by atoms with Crippen molar-refractivity contribution in [3.63, 3.8) is 0 Å². The predicted octanol–water partition coefficient (Wildman–Crippen LogP) is 5.72. The van der Waals surface area contributed by atoms with E-state index in [-0.39, 0.29) is 30.3 Å². The molecule has 184 valence electrons. The average molecular weight is 499 g/mol. The normalized spacial score (nSPS) is 18.2. The minimum atomic E-state index is -4.65. The second kappa shape index (κ2) is 12.0. The number of nitrogens with one attached hydrogen (secondary N) is 3. The maximum atomic E-state index is 13.1. The Bertz CT molecular complexity index is 965. The molecule has 7 nitrogen and oxygen atoms in total. The molecule has 1 aliphatic carbocycles. The molecular formula is C23H26ClF3N4O3. The summed E-state index contributed by atoms with van der Waals surface area (Å²) >= 11 is 5.84. The SMILES string of the molecule is O=Nc1ccc(NC2CCC(OCC(=O)NCCNc3ccc(Cl)cc3)CC2)cc1C(F)(F)F. The third-order valence-electron chi connectivity index (χ3n) is 5.52. The summed E-state index contributed by atoms with van der Waals surface area (Å²) in [6.07, 6.45) is -1.99. The highest BCUT2D eigenvalue weighted by atomic mass is 35.5. The lowest BCUT2D eigenvalue weighted by molar-refractivity contribution is -0.137. The molecule has 2 aromatic carbocycles. The van der Waals surface area contributed by atoms with Gasteiger partial charge in [0.2, 0.25) is 5.91 Å². The van der Waals surface area contributed by atoms with E-state index in [0.29, 0.717) is 43.8 Å². The summed E-state index contributed by atoms with van der Waals surface area (Å²) in [5.41, 5.74) is -0.491. The fourth-order valence-electron chi connectivity index (χ4n) is 3.76. The zero-order valence-corrected chi connectivity index (χ0v) is 19.1. The average Bonchev–Trinajstić information content (AvgIpc) is 2.82. The van der Waals surface area contributed by atoms with Crippen LogP contribution in [-0.2, 0) is 15.7 Å². The number of rotatable bonds is 10. The van der Waals surface area contributed by atoms with E-state index in [0.717, 1.165) is 17.8 Å². The first-order chi connectivity index (χ1) is 16.2. The monoisotopic (exact) mass is 498 g/mol. The van der Waals surface area contributed by atoms with E-state index in [1.807, 2.05) is 12.1 Å². The van der Waals surface area contributed by atoms with Gasteiger partial charge in [0.1, 0.15) is 12.3 Å². The van der Waals surface area contributed by atoms with E-state index in [4.69, 9.17) is 16.3 Å². The van der Waals surface area contributed by atoms with Crippen LogP contribution in [0.15, 0.2) is 47.6 Å². The molecule has 0 radical (unpaired) electrons. The van der Waals surface area contributed by atoms with Crippen molar-refractivity contribution in [1.29, 1.82) is 0 Å². The maximum absolute atomic E-state index is 13.1. The van der Waals surface area contributed by atoms with Crippen molar-refractivity contribution in [2.45, 2.75) is 44.0 Å². The number of alkyl halides is 3. The summed E-state index contributed by atoms with van der Waals surface area (Å²) in [6.45, 7) is 0.961. The number of amides is 1. The Balaban J connectivity index is 1.34.